The lowest BCUT2D eigenvalue weighted by Gasteiger charge is -2.08. The van der Waals surface area contributed by atoms with E-state index < -0.39 is 0 Å². The Morgan fingerprint density at radius 3 is 2.36 bits per heavy atom. The van der Waals surface area contributed by atoms with E-state index in [0.717, 1.165) is 22.7 Å². The summed E-state index contributed by atoms with van der Waals surface area (Å²) >= 11 is 0. The van der Waals surface area contributed by atoms with Crippen molar-refractivity contribution in [3.8, 4) is 5.75 Å². The standard InChI is InChI=1S/C21H24N2O2/c1-4-19(23-16(2)17-8-6-5-7-9-17)14-15-22-21(24)18-10-12-20(25-3)13-11-18/h4-13H,14-15H2,1-3H3,(H,22,24)/b19-4-,23-16?. The van der Waals surface area contributed by atoms with Gasteiger partial charge in [0.2, 0.25) is 0 Å². The van der Waals surface area contributed by atoms with E-state index in [9.17, 15) is 4.79 Å². The summed E-state index contributed by atoms with van der Waals surface area (Å²) in [5.74, 6) is 0.639. The Labute approximate surface area is 149 Å². The molecular weight excluding hydrogens is 312 g/mol. The zero-order valence-electron chi connectivity index (χ0n) is 15.0. The quantitative estimate of drug-likeness (QED) is 0.769. The molecule has 0 aliphatic rings. The fraction of sp³-hybridized carbons (Fsp3) is 0.238. The molecule has 130 valence electrons. The minimum atomic E-state index is -0.0955. The maximum absolute atomic E-state index is 12.2. The number of allylic oxidation sites excluding steroid dienone is 1. The van der Waals surface area contributed by atoms with E-state index in [4.69, 9.17) is 4.74 Å². The highest BCUT2D eigenvalue weighted by molar-refractivity contribution is 5.99. The summed E-state index contributed by atoms with van der Waals surface area (Å²) in [6.07, 6.45) is 2.66. The van der Waals surface area contributed by atoms with E-state index in [1.54, 1.807) is 31.4 Å². The maximum atomic E-state index is 12.2. The number of carbonyl (C=O) groups is 1. The molecule has 0 saturated heterocycles. The van der Waals surface area contributed by atoms with Crippen molar-refractivity contribution in [3.63, 3.8) is 0 Å². The van der Waals surface area contributed by atoms with Crippen LogP contribution < -0.4 is 10.1 Å². The molecule has 0 aromatic heterocycles. The second-order valence-electron chi connectivity index (χ2n) is 5.58. The van der Waals surface area contributed by atoms with E-state index in [2.05, 4.69) is 10.3 Å². The van der Waals surface area contributed by atoms with Crippen LogP contribution in [0.4, 0.5) is 0 Å². The zero-order valence-corrected chi connectivity index (χ0v) is 15.0. The first kappa shape index (κ1) is 18.5. The molecule has 0 heterocycles. The highest BCUT2D eigenvalue weighted by Gasteiger charge is 2.06. The molecule has 4 heteroatoms. The van der Waals surface area contributed by atoms with Crippen molar-refractivity contribution in [1.29, 1.82) is 0 Å². The average Bonchev–Trinajstić information content (AvgIpc) is 2.67. The van der Waals surface area contributed by atoms with Crippen LogP contribution in [0.5, 0.6) is 5.75 Å². The monoisotopic (exact) mass is 336 g/mol. The fourth-order valence-electron chi connectivity index (χ4n) is 2.37. The molecule has 0 aliphatic carbocycles. The second-order valence-corrected chi connectivity index (χ2v) is 5.58. The Morgan fingerprint density at radius 2 is 1.76 bits per heavy atom. The highest BCUT2D eigenvalue weighted by atomic mass is 16.5. The van der Waals surface area contributed by atoms with Crippen LogP contribution in [0.15, 0.2) is 71.4 Å². The lowest BCUT2D eigenvalue weighted by atomic mass is 10.1. The molecule has 0 saturated carbocycles. The number of nitrogens with one attached hydrogen (secondary N) is 1. The first-order chi connectivity index (χ1) is 12.1. The Bertz CT molecular complexity index is 747. The largest absolute Gasteiger partial charge is 0.497 e. The van der Waals surface area contributed by atoms with E-state index in [-0.39, 0.29) is 5.91 Å². The zero-order chi connectivity index (χ0) is 18.1. The average molecular weight is 336 g/mol. The Hall–Kier alpha value is -2.88. The summed E-state index contributed by atoms with van der Waals surface area (Å²) in [5, 5.41) is 2.92. The number of ether oxygens (including phenoxy) is 1. The summed E-state index contributed by atoms with van der Waals surface area (Å²) < 4.78 is 5.10. The van der Waals surface area contributed by atoms with Gasteiger partial charge in [0.15, 0.2) is 0 Å². The summed E-state index contributed by atoms with van der Waals surface area (Å²) in [4.78, 5) is 16.8. The highest BCUT2D eigenvalue weighted by Crippen LogP contribution is 2.12. The molecule has 0 unspecified atom stereocenters. The Balaban J connectivity index is 1.89. The Kier molecular flexibility index (Phi) is 6.96. The van der Waals surface area contributed by atoms with Gasteiger partial charge in [0.05, 0.1) is 7.11 Å². The molecule has 4 nitrogen and oxygen atoms in total. The smallest absolute Gasteiger partial charge is 0.251 e. The van der Waals surface area contributed by atoms with Crippen LogP contribution in [0.2, 0.25) is 0 Å². The first-order valence-electron chi connectivity index (χ1n) is 8.32. The van der Waals surface area contributed by atoms with Crippen LogP contribution in [0.25, 0.3) is 0 Å². The van der Waals surface area contributed by atoms with Gasteiger partial charge in [0, 0.05) is 29.9 Å². The van der Waals surface area contributed by atoms with Gasteiger partial charge >= 0.3 is 0 Å². The number of amides is 1. The van der Waals surface area contributed by atoms with Gasteiger partial charge in [-0.2, -0.15) is 0 Å². The molecular formula is C21H24N2O2. The molecule has 2 aromatic carbocycles. The van der Waals surface area contributed by atoms with Gasteiger partial charge in [-0.05, 0) is 43.7 Å². The minimum Gasteiger partial charge on any atom is -0.497 e. The molecule has 0 aliphatic heterocycles. The van der Waals surface area contributed by atoms with Gasteiger partial charge in [-0.3, -0.25) is 9.79 Å². The van der Waals surface area contributed by atoms with Crippen LogP contribution in [0.1, 0.15) is 36.2 Å². The van der Waals surface area contributed by atoms with Crippen LogP contribution >= 0.6 is 0 Å². The maximum Gasteiger partial charge on any atom is 0.251 e. The van der Waals surface area contributed by atoms with E-state index in [0.29, 0.717) is 18.5 Å². The number of benzene rings is 2. The molecule has 0 fully saturated rings. The van der Waals surface area contributed by atoms with Crippen molar-refractivity contribution in [2.75, 3.05) is 13.7 Å². The third-order valence-corrected chi connectivity index (χ3v) is 3.86. The Morgan fingerprint density at radius 1 is 1.08 bits per heavy atom. The van der Waals surface area contributed by atoms with Crippen molar-refractivity contribution in [3.05, 3.63) is 77.5 Å². The van der Waals surface area contributed by atoms with Crippen molar-refractivity contribution in [1.82, 2.24) is 5.32 Å². The van der Waals surface area contributed by atoms with Crippen molar-refractivity contribution in [2.45, 2.75) is 20.3 Å². The van der Waals surface area contributed by atoms with Gasteiger partial charge in [-0.15, -0.1) is 0 Å². The van der Waals surface area contributed by atoms with Gasteiger partial charge in [-0.25, -0.2) is 0 Å². The molecule has 0 radical (unpaired) electrons. The normalized spacial score (nSPS) is 12.0. The summed E-state index contributed by atoms with van der Waals surface area (Å²) in [6, 6.07) is 17.1. The third-order valence-electron chi connectivity index (χ3n) is 3.86. The predicted molar refractivity (Wildman–Crippen MR) is 102 cm³/mol. The molecule has 2 rings (SSSR count). The summed E-state index contributed by atoms with van der Waals surface area (Å²) in [6.45, 7) is 4.49. The number of hydrogen-bond donors (Lipinski definition) is 1. The molecule has 1 amide bonds. The summed E-state index contributed by atoms with van der Waals surface area (Å²) in [7, 11) is 1.60. The lowest BCUT2D eigenvalue weighted by Crippen LogP contribution is -2.24. The second kappa shape index (κ2) is 9.42. The molecule has 2 aromatic rings. The fourth-order valence-corrected chi connectivity index (χ4v) is 2.37. The minimum absolute atomic E-state index is 0.0955. The SMILES string of the molecule is C/C=C(/CCNC(=O)c1ccc(OC)cc1)N=C(C)c1ccccc1. The van der Waals surface area contributed by atoms with Gasteiger partial charge in [-0.1, -0.05) is 36.4 Å². The summed E-state index contributed by atoms with van der Waals surface area (Å²) in [5.41, 5.74) is 3.64. The molecule has 0 spiro atoms. The van der Waals surface area contributed by atoms with E-state index in [1.807, 2.05) is 50.3 Å². The van der Waals surface area contributed by atoms with Crippen molar-refractivity contribution >= 4 is 11.6 Å². The van der Waals surface area contributed by atoms with Crippen LogP contribution in [-0.2, 0) is 0 Å². The van der Waals surface area contributed by atoms with Gasteiger partial charge < -0.3 is 10.1 Å². The molecule has 0 atom stereocenters. The van der Waals surface area contributed by atoms with E-state index >= 15 is 0 Å². The molecule has 1 N–H and O–H groups in total. The van der Waals surface area contributed by atoms with Gasteiger partial charge in [0.25, 0.3) is 5.91 Å². The number of aliphatic imine (C=N–C) groups is 1. The van der Waals surface area contributed by atoms with Crippen LogP contribution in [0, 0.1) is 0 Å². The third kappa shape index (κ3) is 5.60. The topological polar surface area (TPSA) is 50.7 Å². The predicted octanol–water partition coefficient (Wildman–Crippen LogP) is 4.23. The van der Waals surface area contributed by atoms with Crippen molar-refractivity contribution < 1.29 is 9.53 Å². The number of carbonyl (C=O) groups excluding carboxylic acids is 1. The first-order valence-corrected chi connectivity index (χ1v) is 8.32. The van der Waals surface area contributed by atoms with Gasteiger partial charge in [0.1, 0.15) is 5.75 Å². The molecule has 0 bridgehead atoms. The molecule has 25 heavy (non-hydrogen) atoms. The van der Waals surface area contributed by atoms with Crippen molar-refractivity contribution in [2.24, 2.45) is 4.99 Å². The number of nitrogens with zero attached hydrogens (tertiary/aromatic N) is 1. The lowest BCUT2D eigenvalue weighted by molar-refractivity contribution is 0.0954. The number of hydrogen-bond acceptors (Lipinski definition) is 3. The van der Waals surface area contributed by atoms with Crippen LogP contribution in [0.3, 0.4) is 0 Å². The number of methoxy groups -OCH3 is 1. The number of rotatable bonds is 7. The van der Waals surface area contributed by atoms with E-state index in [1.165, 1.54) is 0 Å². The van der Waals surface area contributed by atoms with Crippen LogP contribution in [-0.4, -0.2) is 25.3 Å².